The molecule has 1 fully saturated rings. The summed E-state index contributed by atoms with van der Waals surface area (Å²) in [4.78, 5) is 3.89. The van der Waals surface area contributed by atoms with Gasteiger partial charge in [-0.2, -0.15) is 5.10 Å². The fourth-order valence-electron chi connectivity index (χ4n) is 2.96. The van der Waals surface area contributed by atoms with Crippen LogP contribution in [0.5, 0.6) is 0 Å². The zero-order chi connectivity index (χ0) is 14.2. The summed E-state index contributed by atoms with van der Waals surface area (Å²) in [6.07, 6.45) is 3.73. The minimum atomic E-state index is 0.393. The first-order chi connectivity index (χ1) is 10.3. The van der Waals surface area contributed by atoms with E-state index in [1.54, 1.807) is 0 Å². The average molecular weight is 300 g/mol. The van der Waals surface area contributed by atoms with Crippen molar-refractivity contribution >= 4 is 17.2 Å². The molecule has 2 aromatic heterocycles. The van der Waals surface area contributed by atoms with Crippen molar-refractivity contribution in [2.75, 3.05) is 11.4 Å². The van der Waals surface area contributed by atoms with E-state index < -0.39 is 0 Å². The van der Waals surface area contributed by atoms with Gasteiger partial charge < -0.3 is 10.2 Å². The van der Waals surface area contributed by atoms with Gasteiger partial charge in [-0.25, -0.2) is 0 Å². The molecule has 5 heteroatoms. The Hall–Kier alpha value is -1.46. The van der Waals surface area contributed by atoms with Crippen LogP contribution in [0.1, 0.15) is 41.9 Å². The van der Waals surface area contributed by atoms with Crippen LogP contribution < -0.4 is 10.2 Å². The van der Waals surface area contributed by atoms with Gasteiger partial charge in [0.2, 0.25) is 0 Å². The molecule has 2 aliphatic rings. The van der Waals surface area contributed by atoms with Crippen LogP contribution in [0.3, 0.4) is 0 Å². The topological polar surface area (TPSA) is 41.0 Å². The Kier molecular flexibility index (Phi) is 3.39. The van der Waals surface area contributed by atoms with E-state index >= 15 is 0 Å². The first kappa shape index (κ1) is 13.2. The minimum absolute atomic E-state index is 0.393. The Morgan fingerprint density at radius 3 is 2.95 bits per heavy atom. The number of aromatic nitrogens is 2. The smallest absolute Gasteiger partial charge is 0.151 e. The second-order valence-electron chi connectivity index (χ2n) is 5.96. The lowest BCUT2D eigenvalue weighted by Gasteiger charge is -2.34. The van der Waals surface area contributed by atoms with Crippen LogP contribution in [0.25, 0.3) is 0 Å². The third-order valence-corrected chi connectivity index (χ3v) is 5.42. The Morgan fingerprint density at radius 1 is 1.29 bits per heavy atom. The maximum Gasteiger partial charge on any atom is 0.151 e. The SMILES string of the molecule is CC1c2ccsc2CCN1c1ccc(CNC2CC2)nn1. The predicted octanol–water partition coefficient (Wildman–Crippen LogP) is 2.91. The first-order valence-electron chi connectivity index (χ1n) is 7.70. The number of thiophene rings is 1. The highest BCUT2D eigenvalue weighted by molar-refractivity contribution is 7.10. The first-order valence-corrected chi connectivity index (χ1v) is 8.58. The van der Waals surface area contributed by atoms with Crippen LogP contribution in [0.2, 0.25) is 0 Å². The lowest BCUT2D eigenvalue weighted by molar-refractivity contribution is 0.614. The third-order valence-electron chi connectivity index (χ3n) is 4.43. The standard InChI is InChI=1S/C16H20N4S/c1-11-14-7-9-21-15(14)6-8-20(11)16-5-4-13(18-19-16)10-17-12-2-3-12/h4-5,7,9,11-12,17H,2-3,6,8,10H2,1H3. The molecular formula is C16H20N4S. The van der Waals surface area contributed by atoms with Crippen molar-refractivity contribution in [2.24, 2.45) is 0 Å². The molecule has 0 bridgehead atoms. The summed E-state index contributed by atoms with van der Waals surface area (Å²) in [5.41, 5.74) is 2.49. The summed E-state index contributed by atoms with van der Waals surface area (Å²) in [5.74, 6) is 0.995. The molecular weight excluding hydrogens is 280 g/mol. The molecule has 0 amide bonds. The molecule has 0 radical (unpaired) electrons. The largest absolute Gasteiger partial charge is 0.348 e. The quantitative estimate of drug-likeness (QED) is 0.942. The summed E-state index contributed by atoms with van der Waals surface area (Å²) in [7, 11) is 0. The van der Waals surface area contributed by atoms with E-state index in [1.165, 1.54) is 23.3 Å². The number of rotatable bonds is 4. The van der Waals surface area contributed by atoms with Gasteiger partial charge in [0.1, 0.15) is 0 Å². The van der Waals surface area contributed by atoms with Crippen LogP contribution >= 0.6 is 11.3 Å². The zero-order valence-corrected chi connectivity index (χ0v) is 13.1. The molecule has 1 aliphatic heterocycles. The summed E-state index contributed by atoms with van der Waals surface area (Å²) in [5, 5.41) is 14.5. The third kappa shape index (κ3) is 2.68. The van der Waals surface area contributed by atoms with Gasteiger partial charge in [-0.3, -0.25) is 0 Å². The van der Waals surface area contributed by atoms with Gasteiger partial charge in [0.05, 0.1) is 11.7 Å². The van der Waals surface area contributed by atoms with Gasteiger partial charge in [-0.15, -0.1) is 16.4 Å². The Bertz CT molecular complexity index is 617. The van der Waals surface area contributed by atoms with Crippen molar-refractivity contribution in [3.63, 3.8) is 0 Å². The molecule has 0 saturated heterocycles. The summed E-state index contributed by atoms with van der Waals surface area (Å²) < 4.78 is 0. The molecule has 110 valence electrons. The second-order valence-corrected chi connectivity index (χ2v) is 6.96. The van der Waals surface area contributed by atoms with Crippen LogP contribution in [0.4, 0.5) is 5.82 Å². The lowest BCUT2D eigenvalue weighted by atomic mass is 10.0. The molecule has 1 atom stereocenters. The van der Waals surface area contributed by atoms with E-state index in [-0.39, 0.29) is 0 Å². The van der Waals surface area contributed by atoms with Gasteiger partial charge in [-0.05, 0) is 55.3 Å². The molecule has 3 heterocycles. The summed E-state index contributed by atoms with van der Waals surface area (Å²) >= 11 is 1.87. The van der Waals surface area contributed by atoms with E-state index in [1.807, 2.05) is 11.3 Å². The van der Waals surface area contributed by atoms with Crippen molar-refractivity contribution in [3.05, 3.63) is 39.7 Å². The van der Waals surface area contributed by atoms with Gasteiger partial charge in [-0.1, -0.05) is 0 Å². The highest BCUT2D eigenvalue weighted by atomic mass is 32.1. The van der Waals surface area contributed by atoms with Crippen molar-refractivity contribution < 1.29 is 0 Å². The number of nitrogens with one attached hydrogen (secondary N) is 1. The molecule has 4 nitrogen and oxygen atoms in total. The van der Waals surface area contributed by atoms with E-state index in [2.05, 4.69) is 50.9 Å². The summed E-state index contributed by atoms with van der Waals surface area (Å²) in [6.45, 7) is 4.13. The molecule has 0 spiro atoms. The number of hydrogen-bond acceptors (Lipinski definition) is 5. The Labute approximate surface area is 129 Å². The van der Waals surface area contributed by atoms with Gasteiger partial charge in [0.25, 0.3) is 0 Å². The van der Waals surface area contributed by atoms with E-state index in [9.17, 15) is 0 Å². The Balaban J connectivity index is 1.48. The van der Waals surface area contributed by atoms with Crippen molar-refractivity contribution in [1.82, 2.24) is 15.5 Å². The zero-order valence-electron chi connectivity index (χ0n) is 12.2. The molecule has 1 aliphatic carbocycles. The van der Waals surface area contributed by atoms with Crippen LogP contribution in [0, 0.1) is 0 Å². The molecule has 1 N–H and O–H groups in total. The highest BCUT2D eigenvalue weighted by Crippen LogP contribution is 2.34. The number of anilines is 1. The van der Waals surface area contributed by atoms with Crippen molar-refractivity contribution in [3.8, 4) is 0 Å². The van der Waals surface area contributed by atoms with Crippen LogP contribution in [0.15, 0.2) is 23.6 Å². The molecule has 21 heavy (non-hydrogen) atoms. The monoisotopic (exact) mass is 300 g/mol. The van der Waals surface area contributed by atoms with Crippen molar-refractivity contribution in [2.45, 2.75) is 44.8 Å². The predicted molar refractivity (Wildman–Crippen MR) is 85.7 cm³/mol. The van der Waals surface area contributed by atoms with E-state index in [4.69, 9.17) is 0 Å². The maximum absolute atomic E-state index is 4.45. The normalized spacial score (nSPS) is 21.4. The number of nitrogens with zero attached hydrogens (tertiary/aromatic N) is 3. The molecule has 2 aromatic rings. The van der Waals surface area contributed by atoms with Gasteiger partial charge >= 0.3 is 0 Å². The maximum atomic E-state index is 4.45. The fraction of sp³-hybridized carbons (Fsp3) is 0.500. The van der Waals surface area contributed by atoms with Gasteiger partial charge in [0, 0.05) is 24.0 Å². The lowest BCUT2D eigenvalue weighted by Crippen LogP contribution is -2.34. The fourth-order valence-corrected chi connectivity index (χ4v) is 3.92. The van der Waals surface area contributed by atoms with E-state index in [0.717, 1.165) is 31.0 Å². The minimum Gasteiger partial charge on any atom is -0.348 e. The summed E-state index contributed by atoms with van der Waals surface area (Å²) in [6, 6.07) is 7.58. The molecule has 0 aromatic carbocycles. The second kappa shape index (κ2) is 5.39. The van der Waals surface area contributed by atoms with E-state index in [0.29, 0.717) is 12.1 Å². The molecule has 4 rings (SSSR count). The van der Waals surface area contributed by atoms with Gasteiger partial charge in [0.15, 0.2) is 5.82 Å². The number of hydrogen-bond donors (Lipinski definition) is 1. The van der Waals surface area contributed by atoms with Crippen molar-refractivity contribution in [1.29, 1.82) is 0 Å². The van der Waals surface area contributed by atoms with Crippen LogP contribution in [-0.4, -0.2) is 22.8 Å². The number of fused-ring (bicyclic) bond motifs is 1. The Morgan fingerprint density at radius 2 is 2.19 bits per heavy atom. The van der Waals surface area contributed by atoms with Crippen LogP contribution in [-0.2, 0) is 13.0 Å². The molecule has 1 saturated carbocycles. The molecule has 1 unspecified atom stereocenters. The average Bonchev–Trinajstić information content (AvgIpc) is 3.21. The highest BCUT2D eigenvalue weighted by Gasteiger charge is 2.26.